The number of anilines is 2. The maximum atomic E-state index is 13.1. The van der Waals surface area contributed by atoms with Crippen molar-refractivity contribution in [1.82, 2.24) is 9.78 Å². The van der Waals surface area contributed by atoms with Crippen LogP contribution in [-0.2, 0) is 0 Å². The van der Waals surface area contributed by atoms with Gasteiger partial charge in [-0.2, -0.15) is 5.10 Å². The fourth-order valence-corrected chi connectivity index (χ4v) is 3.82. The van der Waals surface area contributed by atoms with Crippen LogP contribution in [0, 0.1) is 18.7 Å². The first-order valence-corrected chi connectivity index (χ1v) is 10.1. The van der Waals surface area contributed by atoms with E-state index in [0.29, 0.717) is 16.9 Å². The van der Waals surface area contributed by atoms with Gasteiger partial charge in [0.2, 0.25) is 0 Å². The van der Waals surface area contributed by atoms with Crippen LogP contribution < -0.4 is 10.6 Å². The van der Waals surface area contributed by atoms with Gasteiger partial charge in [0.15, 0.2) is 0 Å². The smallest absolute Gasteiger partial charge is 0.259 e. The van der Waals surface area contributed by atoms with Crippen molar-refractivity contribution in [3.05, 3.63) is 71.8 Å². The first kappa shape index (κ1) is 19.2. The van der Waals surface area contributed by atoms with E-state index in [1.807, 2.05) is 31.2 Å². The van der Waals surface area contributed by atoms with Gasteiger partial charge in [0.05, 0.1) is 23.1 Å². The fraction of sp³-hybridized carbons (Fsp3) is 0.304. The van der Waals surface area contributed by atoms with E-state index in [1.165, 1.54) is 44.0 Å². The largest absolute Gasteiger partial charge is 0.385 e. The lowest BCUT2D eigenvalue weighted by atomic mass is 10.1. The highest BCUT2D eigenvalue weighted by molar-refractivity contribution is 6.05. The number of hydrogen-bond acceptors (Lipinski definition) is 3. The van der Waals surface area contributed by atoms with E-state index < -0.39 is 0 Å². The summed E-state index contributed by atoms with van der Waals surface area (Å²) in [7, 11) is 0. The van der Waals surface area contributed by atoms with Gasteiger partial charge in [-0.1, -0.05) is 12.8 Å². The molecule has 1 heterocycles. The molecular formula is C23H25FN4O. The van der Waals surface area contributed by atoms with Crippen LogP contribution in [0.2, 0.25) is 0 Å². The minimum atomic E-state index is -0.308. The number of benzene rings is 2. The van der Waals surface area contributed by atoms with Crippen LogP contribution in [0.15, 0.2) is 54.7 Å². The molecule has 1 aliphatic rings. The lowest BCUT2D eigenvalue weighted by Gasteiger charge is -2.12. The van der Waals surface area contributed by atoms with Crippen molar-refractivity contribution >= 4 is 17.3 Å². The average Bonchev–Trinajstić information content (AvgIpc) is 3.38. The summed E-state index contributed by atoms with van der Waals surface area (Å²) in [5, 5.41) is 10.7. The molecule has 150 valence electrons. The summed E-state index contributed by atoms with van der Waals surface area (Å²) in [4.78, 5) is 12.7. The number of amides is 1. The van der Waals surface area contributed by atoms with Crippen molar-refractivity contribution in [3.63, 3.8) is 0 Å². The van der Waals surface area contributed by atoms with Gasteiger partial charge >= 0.3 is 0 Å². The lowest BCUT2D eigenvalue weighted by Crippen LogP contribution is -2.13. The maximum Gasteiger partial charge on any atom is 0.259 e. The molecule has 1 saturated carbocycles. The Morgan fingerprint density at radius 2 is 1.72 bits per heavy atom. The molecule has 0 radical (unpaired) electrons. The second-order valence-corrected chi connectivity index (χ2v) is 7.59. The Hall–Kier alpha value is -3.15. The van der Waals surface area contributed by atoms with Crippen molar-refractivity contribution in [2.45, 2.75) is 32.6 Å². The molecule has 0 saturated heterocycles. The predicted octanol–water partition coefficient (Wildman–Crippen LogP) is 5.17. The Kier molecular flexibility index (Phi) is 5.60. The van der Waals surface area contributed by atoms with E-state index in [2.05, 4.69) is 15.7 Å². The Morgan fingerprint density at radius 1 is 1.07 bits per heavy atom. The Bertz CT molecular complexity index is 973. The van der Waals surface area contributed by atoms with E-state index >= 15 is 0 Å². The van der Waals surface area contributed by atoms with Crippen LogP contribution >= 0.6 is 0 Å². The average molecular weight is 392 g/mol. The summed E-state index contributed by atoms with van der Waals surface area (Å²) < 4.78 is 14.8. The number of nitrogens with zero attached hydrogens (tertiary/aromatic N) is 2. The molecule has 0 atom stereocenters. The van der Waals surface area contributed by atoms with Gasteiger partial charge in [0, 0.05) is 17.9 Å². The molecule has 2 N–H and O–H groups in total. The topological polar surface area (TPSA) is 59.0 Å². The monoisotopic (exact) mass is 392 g/mol. The highest BCUT2D eigenvalue weighted by Crippen LogP contribution is 2.25. The highest BCUT2D eigenvalue weighted by Gasteiger charge is 2.16. The van der Waals surface area contributed by atoms with Crippen LogP contribution in [0.3, 0.4) is 0 Å². The molecule has 1 fully saturated rings. The van der Waals surface area contributed by atoms with Crippen LogP contribution in [0.1, 0.15) is 41.7 Å². The summed E-state index contributed by atoms with van der Waals surface area (Å²) in [6.07, 6.45) is 6.84. The van der Waals surface area contributed by atoms with Crippen molar-refractivity contribution in [3.8, 4) is 5.69 Å². The zero-order chi connectivity index (χ0) is 20.2. The quantitative estimate of drug-likeness (QED) is 0.608. The second kappa shape index (κ2) is 8.47. The lowest BCUT2D eigenvalue weighted by molar-refractivity contribution is 0.102. The Morgan fingerprint density at radius 3 is 2.41 bits per heavy atom. The summed E-state index contributed by atoms with van der Waals surface area (Å²) in [6.45, 7) is 2.83. The van der Waals surface area contributed by atoms with E-state index in [9.17, 15) is 9.18 Å². The zero-order valence-corrected chi connectivity index (χ0v) is 16.5. The molecule has 29 heavy (non-hydrogen) atoms. The summed E-state index contributed by atoms with van der Waals surface area (Å²) in [6, 6.07) is 13.8. The van der Waals surface area contributed by atoms with Crippen LogP contribution in [0.25, 0.3) is 5.69 Å². The minimum absolute atomic E-state index is 0.220. The summed E-state index contributed by atoms with van der Waals surface area (Å²) in [5.74, 6) is 0.246. The Labute approximate surface area is 169 Å². The first-order chi connectivity index (χ1) is 14.1. The van der Waals surface area contributed by atoms with Gasteiger partial charge in [-0.15, -0.1) is 0 Å². The number of aromatic nitrogens is 2. The molecule has 1 amide bonds. The molecule has 0 unspecified atom stereocenters. The predicted molar refractivity (Wildman–Crippen MR) is 113 cm³/mol. The van der Waals surface area contributed by atoms with Crippen molar-refractivity contribution < 1.29 is 9.18 Å². The van der Waals surface area contributed by atoms with Gasteiger partial charge < -0.3 is 10.6 Å². The highest BCUT2D eigenvalue weighted by atomic mass is 19.1. The fourth-order valence-electron chi connectivity index (χ4n) is 3.82. The van der Waals surface area contributed by atoms with Gasteiger partial charge in [0.25, 0.3) is 5.91 Å². The van der Waals surface area contributed by atoms with Gasteiger partial charge in [-0.3, -0.25) is 4.79 Å². The van der Waals surface area contributed by atoms with Crippen molar-refractivity contribution in [1.29, 1.82) is 0 Å². The van der Waals surface area contributed by atoms with E-state index in [0.717, 1.165) is 23.8 Å². The number of nitrogens with one attached hydrogen (secondary N) is 2. The zero-order valence-electron chi connectivity index (χ0n) is 16.5. The molecule has 3 aromatic rings. The third-order valence-electron chi connectivity index (χ3n) is 5.54. The first-order valence-electron chi connectivity index (χ1n) is 10.1. The third kappa shape index (κ3) is 4.47. The van der Waals surface area contributed by atoms with Crippen molar-refractivity contribution in [2.75, 3.05) is 17.2 Å². The molecule has 0 bridgehead atoms. The standard InChI is InChI=1S/C23H25FN4O/c1-16-22(15-26-28(16)21-12-6-18(24)7-13-21)23(29)27-20-10-8-19(9-11-20)25-14-17-4-2-3-5-17/h6-13,15,17,25H,2-5,14H2,1H3,(H,27,29). The van der Waals surface area contributed by atoms with Crippen LogP contribution in [-0.4, -0.2) is 22.2 Å². The van der Waals surface area contributed by atoms with Gasteiger partial charge in [0.1, 0.15) is 5.82 Å². The summed E-state index contributed by atoms with van der Waals surface area (Å²) in [5.41, 5.74) is 3.69. The van der Waals surface area contributed by atoms with Gasteiger partial charge in [-0.05, 0) is 74.2 Å². The molecule has 1 aliphatic carbocycles. The molecule has 5 nitrogen and oxygen atoms in total. The van der Waals surface area contributed by atoms with Crippen molar-refractivity contribution in [2.24, 2.45) is 5.92 Å². The number of rotatable bonds is 6. The third-order valence-corrected chi connectivity index (χ3v) is 5.54. The molecule has 0 aliphatic heterocycles. The molecule has 2 aromatic carbocycles. The SMILES string of the molecule is Cc1c(C(=O)Nc2ccc(NCC3CCCC3)cc2)cnn1-c1ccc(F)cc1. The van der Waals surface area contributed by atoms with E-state index in [-0.39, 0.29) is 11.7 Å². The molecule has 0 spiro atoms. The number of carbonyl (C=O) groups is 1. The van der Waals surface area contributed by atoms with Crippen LogP contribution in [0.4, 0.5) is 15.8 Å². The van der Waals surface area contributed by atoms with Gasteiger partial charge in [-0.25, -0.2) is 9.07 Å². The van der Waals surface area contributed by atoms with E-state index in [4.69, 9.17) is 0 Å². The number of halogens is 1. The number of carbonyl (C=O) groups excluding carboxylic acids is 1. The molecule has 6 heteroatoms. The molecule has 4 rings (SSSR count). The number of hydrogen-bond donors (Lipinski definition) is 2. The maximum absolute atomic E-state index is 13.1. The Balaban J connectivity index is 1.39. The van der Waals surface area contributed by atoms with Crippen LogP contribution in [0.5, 0.6) is 0 Å². The normalized spacial score (nSPS) is 14.1. The molecular weight excluding hydrogens is 367 g/mol. The summed E-state index contributed by atoms with van der Waals surface area (Å²) >= 11 is 0. The minimum Gasteiger partial charge on any atom is -0.385 e. The molecule has 1 aromatic heterocycles. The van der Waals surface area contributed by atoms with E-state index in [1.54, 1.807) is 16.8 Å². The second-order valence-electron chi connectivity index (χ2n) is 7.59.